The minimum Gasteiger partial charge on any atom is -0.397 e. The molecule has 0 saturated carbocycles. The van der Waals surface area contributed by atoms with Crippen molar-refractivity contribution in [3.05, 3.63) is 77.6 Å². The summed E-state index contributed by atoms with van der Waals surface area (Å²) in [7, 11) is 2.07. The average Bonchev–Trinajstić information content (AvgIpc) is 3.70. The van der Waals surface area contributed by atoms with E-state index >= 15 is 0 Å². The number of para-hydroxylation sites is 2. The van der Waals surface area contributed by atoms with Crippen molar-refractivity contribution in [2.45, 2.75) is 0 Å². The number of likely N-dealkylation sites (N-methyl/N-ethyl adjacent to an activating group) is 1. The van der Waals surface area contributed by atoms with Gasteiger partial charge in [-0.15, -0.1) is 11.3 Å². The lowest BCUT2D eigenvalue weighted by molar-refractivity contribution is 0.0663. The number of fused-ring (bicyclic) bond motifs is 1. The van der Waals surface area contributed by atoms with E-state index in [1.807, 2.05) is 45.8 Å². The number of nitrogens with one attached hydrogen (secondary N) is 2. The van der Waals surface area contributed by atoms with Gasteiger partial charge in [0.25, 0.3) is 11.8 Å². The zero-order chi connectivity index (χ0) is 26.9. The summed E-state index contributed by atoms with van der Waals surface area (Å²) in [6.45, 7) is 3.19. The van der Waals surface area contributed by atoms with Gasteiger partial charge in [0.1, 0.15) is 5.65 Å². The Bertz CT molecular complexity index is 1670. The summed E-state index contributed by atoms with van der Waals surface area (Å²) in [5, 5.41) is 7.61. The molecule has 198 valence electrons. The van der Waals surface area contributed by atoms with Crippen LogP contribution in [0.15, 0.2) is 67.1 Å². The third-order valence-electron chi connectivity index (χ3n) is 6.57. The van der Waals surface area contributed by atoms with Crippen LogP contribution >= 0.6 is 22.7 Å². The number of anilines is 4. The van der Waals surface area contributed by atoms with E-state index in [2.05, 4.69) is 32.5 Å². The third kappa shape index (κ3) is 5.21. The average molecular weight is 559 g/mol. The van der Waals surface area contributed by atoms with Crippen molar-refractivity contribution >= 4 is 61.6 Å². The summed E-state index contributed by atoms with van der Waals surface area (Å²) in [6, 6.07) is 14.5. The highest BCUT2D eigenvalue weighted by molar-refractivity contribution is 7.20. The number of amides is 2. The minimum atomic E-state index is -0.224. The first-order valence-corrected chi connectivity index (χ1v) is 14.0. The first-order chi connectivity index (χ1) is 18.9. The highest BCUT2D eigenvalue weighted by Crippen LogP contribution is 2.33. The van der Waals surface area contributed by atoms with Crippen LogP contribution in [-0.4, -0.2) is 69.2 Å². The molecule has 0 unspecified atom stereocenters. The number of nitrogen functional groups attached to an aromatic ring is 1. The minimum absolute atomic E-state index is 0.0313. The summed E-state index contributed by atoms with van der Waals surface area (Å²) in [4.78, 5) is 40.4. The SMILES string of the molecule is CN1CCN(C(=O)c2ccc3ncc(-c4cnc(Nc5ccc(C(=O)Nc6ccccc6N)s5)s4)n3c2)CC1. The highest BCUT2D eigenvalue weighted by atomic mass is 32.1. The van der Waals surface area contributed by atoms with E-state index in [-0.39, 0.29) is 11.8 Å². The van der Waals surface area contributed by atoms with Crippen LogP contribution in [0.25, 0.3) is 16.2 Å². The molecule has 1 saturated heterocycles. The second kappa shape index (κ2) is 10.5. The van der Waals surface area contributed by atoms with Crippen molar-refractivity contribution in [3.63, 3.8) is 0 Å². The van der Waals surface area contributed by atoms with E-state index in [0.29, 0.717) is 26.9 Å². The van der Waals surface area contributed by atoms with Crippen LogP contribution < -0.4 is 16.4 Å². The molecule has 2 amide bonds. The van der Waals surface area contributed by atoms with Gasteiger partial charge in [-0.1, -0.05) is 23.5 Å². The molecule has 4 aromatic heterocycles. The van der Waals surface area contributed by atoms with Gasteiger partial charge in [0.2, 0.25) is 0 Å². The zero-order valence-corrected chi connectivity index (χ0v) is 22.8. The topological polar surface area (TPSA) is 121 Å². The lowest BCUT2D eigenvalue weighted by Gasteiger charge is -2.32. The Morgan fingerprint density at radius 1 is 0.949 bits per heavy atom. The van der Waals surface area contributed by atoms with Crippen LogP contribution in [0.4, 0.5) is 21.5 Å². The number of benzene rings is 1. The predicted octanol–water partition coefficient (Wildman–Crippen LogP) is 4.49. The fraction of sp³-hybridized carbons (Fsp3) is 0.185. The summed E-state index contributed by atoms with van der Waals surface area (Å²) in [5.41, 5.74) is 9.28. The van der Waals surface area contributed by atoms with Crippen molar-refractivity contribution in [1.82, 2.24) is 24.2 Å². The summed E-state index contributed by atoms with van der Waals surface area (Å²) in [5.74, 6) is -0.192. The number of nitrogens with two attached hydrogens (primary N) is 1. The number of rotatable bonds is 6. The van der Waals surface area contributed by atoms with Gasteiger partial charge in [0, 0.05) is 38.6 Å². The van der Waals surface area contributed by atoms with Gasteiger partial charge >= 0.3 is 0 Å². The number of aromatic nitrogens is 3. The van der Waals surface area contributed by atoms with E-state index in [9.17, 15) is 9.59 Å². The van der Waals surface area contributed by atoms with E-state index in [4.69, 9.17) is 5.73 Å². The lowest BCUT2D eigenvalue weighted by Crippen LogP contribution is -2.47. The molecule has 1 aliphatic heterocycles. The van der Waals surface area contributed by atoms with Gasteiger partial charge in [0.15, 0.2) is 5.13 Å². The summed E-state index contributed by atoms with van der Waals surface area (Å²) in [6.07, 6.45) is 5.43. The number of pyridine rings is 1. The van der Waals surface area contributed by atoms with Crippen molar-refractivity contribution in [2.75, 3.05) is 49.6 Å². The molecule has 6 rings (SSSR count). The predicted molar refractivity (Wildman–Crippen MR) is 156 cm³/mol. The largest absolute Gasteiger partial charge is 0.397 e. The van der Waals surface area contributed by atoms with Gasteiger partial charge in [-0.2, -0.15) is 0 Å². The van der Waals surface area contributed by atoms with Crippen LogP contribution in [0.5, 0.6) is 0 Å². The number of piperazine rings is 1. The standard InChI is InChI=1S/C27H26N8O2S2/c1-33-10-12-34(13-11-33)26(37)17-6-8-23-29-14-20(35(23)16-17)22-15-30-27(39-22)32-24-9-7-21(38-24)25(36)31-19-5-3-2-4-18(19)28/h2-9,14-16H,10-13,28H2,1H3,(H,30,32)(H,31,36). The maximum atomic E-state index is 13.1. The Morgan fingerprint density at radius 3 is 2.59 bits per heavy atom. The Kier molecular flexibility index (Phi) is 6.73. The molecular weight excluding hydrogens is 532 g/mol. The van der Waals surface area contributed by atoms with Gasteiger partial charge in [-0.05, 0) is 43.4 Å². The number of carbonyl (C=O) groups is 2. The molecule has 1 fully saturated rings. The molecular formula is C27H26N8O2S2. The van der Waals surface area contributed by atoms with E-state index in [1.54, 1.807) is 30.6 Å². The summed E-state index contributed by atoms with van der Waals surface area (Å²) < 4.78 is 1.93. The molecule has 1 aromatic carbocycles. The quantitative estimate of drug-likeness (QED) is 0.263. The number of thiazole rings is 1. The Morgan fingerprint density at radius 2 is 1.77 bits per heavy atom. The molecule has 5 heterocycles. The first-order valence-electron chi connectivity index (χ1n) is 12.4. The molecule has 12 heteroatoms. The van der Waals surface area contributed by atoms with E-state index in [1.165, 1.54) is 22.7 Å². The molecule has 10 nitrogen and oxygen atoms in total. The smallest absolute Gasteiger partial charge is 0.265 e. The van der Waals surface area contributed by atoms with Gasteiger partial charge in [-0.3, -0.25) is 14.0 Å². The monoisotopic (exact) mass is 558 g/mol. The fourth-order valence-electron chi connectivity index (χ4n) is 4.36. The zero-order valence-electron chi connectivity index (χ0n) is 21.1. The molecule has 1 aliphatic rings. The van der Waals surface area contributed by atoms with Crippen molar-refractivity contribution in [1.29, 1.82) is 0 Å². The van der Waals surface area contributed by atoms with E-state index < -0.39 is 0 Å². The van der Waals surface area contributed by atoms with Crippen LogP contribution in [0.3, 0.4) is 0 Å². The van der Waals surface area contributed by atoms with Crippen molar-refractivity contribution in [3.8, 4) is 10.6 Å². The van der Waals surface area contributed by atoms with Gasteiger partial charge in [0.05, 0.1) is 43.6 Å². The molecule has 0 radical (unpaired) electrons. The summed E-state index contributed by atoms with van der Waals surface area (Å²) >= 11 is 2.80. The molecule has 39 heavy (non-hydrogen) atoms. The van der Waals surface area contributed by atoms with Crippen LogP contribution in [0, 0.1) is 0 Å². The highest BCUT2D eigenvalue weighted by Gasteiger charge is 2.21. The number of hydrogen-bond donors (Lipinski definition) is 3. The molecule has 4 N–H and O–H groups in total. The number of nitrogens with zero attached hydrogens (tertiary/aromatic N) is 5. The maximum absolute atomic E-state index is 13.1. The van der Waals surface area contributed by atoms with Crippen LogP contribution in [0.1, 0.15) is 20.0 Å². The molecule has 0 atom stereocenters. The van der Waals surface area contributed by atoms with Crippen LogP contribution in [0.2, 0.25) is 0 Å². The van der Waals surface area contributed by atoms with Crippen molar-refractivity contribution < 1.29 is 9.59 Å². The van der Waals surface area contributed by atoms with Gasteiger partial charge in [-0.25, -0.2) is 9.97 Å². The van der Waals surface area contributed by atoms with E-state index in [0.717, 1.165) is 47.4 Å². The second-order valence-corrected chi connectivity index (χ2v) is 11.4. The number of imidazole rings is 1. The Hall–Kier alpha value is -4.26. The first kappa shape index (κ1) is 25.0. The molecule has 0 aliphatic carbocycles. The third-order valence-corrected chi connectivity index (χ3v) is 8.50. The maximum Gasteiger partial charge on any atom is 0.265 e. The molecule has 0 spiro atoms. The van der Waals surface area contributed by atoms with Crippen molar-refractivity contribution in [2.24, 2.45) is 0 Å². The second-order valence-electron chi connectivity index (χ2n) is 9.24. The Labute approximate surface area is 232 Å². The van der Waals surface area contributed by atoms with Crippen LogP contribution in [-0.2, 0) is 0 Å². The lowest BCUT2D eigenvalue weighted by atomic mass is 10.2. The number of thiophene rings is 1. The number of hydrogen-bond acceptors (Lipinski definition) is 9. The molecule has 0 bridgehead atoms. The van der Waals surface area contributed by atoms with Gasteiger partial charge < -0.3 is 26.2 Å². The molecule has 5 aromatic rings. The number of carbonyl (C=O) groups excluding carboxylic acids is 2. The Balaban J connectivity index is 1.17. The normalized spacial score (nSPS) is 14.0. The fourth-order valence-corrected chi connectivity index (χ4v) is 6.06.